The summed E-state index contributed by atoms with van der Waals surface area (Å²) in [7, 11) is 0. The quantitative estimate of drug-likeness (QED) is 0.597. The second-order valence-corrected chi connectivity index (χ2v) is 7.68. The maximum absolute atomic E-state index is 14.2. The molecule has 0 bridgehead atoms. The molecule has 0 saturated carbocycles. The van der Waals surface area contributed by atoms with Gasteiger partial charge in [0.25, 0.3) is 0 Å². The van der Waals surface area contributed by atoms with Crippen LogP contribution < -0.4 is 4.90 Å². The normalized spacial score (nSPS) is 14.6. The van der Waals surface area contributed by atoms with Gasteiger partial charge in [-0.2, -0.15) is 0 Å². The molecule has 0 radical (unpaired) electrons. The number of ketones is 1. The number of phenolic OH excluding ortho intramolecular Hbond substituents is 1. The first-order valence-electron chi connectivity index (χ1n) is 9.12. The maximum Gasteiger partial charge on any atom is 0.230 e. The zero-order valence-corrected chi connectivity index (χ0v) is 16.7. The standard InChI is InChI=1S/C22H16F2N2O3S/c1-12(27)26(20-7-4-15(23)10-19(20)24)22-25-16(11-30-22)8-14-3-2-13-9-17(28)5-6-18(13)21(14)29/h4-11,28H,2-3H2,1H3/b14-8+. The molecule has 0 aliphatic heterocycles. The number of carbonyl (C=O) groups excluding carboxylic acids is 2. The number of carbonyl (C=O) groups is 2. The maximum atomic E-state index is 14.2. The Hall–Kier alpha value is -3.39. The van der Waals surface area contributed by atoms with Gasteiger partial charge >= 0.3 is 0 Å². The van der Waals surface area contributed by atoms with E-state index in [-0.39, 0.29) is 22.4 Å². The average molecular weight is 426 g/mol. The van der Waals surface area contributed by atoms with Crippen LogP contribution in [0.25, 0.3) is 6.08 Å². The van der Waals surface area contributed by atoms with Crippen LogP contribution >= 0.6 is 11.3 Å². The number of hydrogen-bond acceptors (Lipinski definition) is 5. The highest BCUT2D eigenvalue weighted by atomic mass is 32.1. The van der Waals surface area contributed by atoms with Crippen molar-refractivity contribution < 1.29 is 23.5 Å². The first-order chi connectivity index (χ1) is 14.3. The van der Waals surface area contributed by atoms with Gasteiger partial charge in [-0.1, -0.05) is 0 Å². The Labute approximate surface area is 174 Å². The summed E-state index contributed by atoms with van der Waals surface area (Å²) in [5.41, 5.74) is 2.27. The van der Waals surface area contributed by atoms with Crippen molar-refractivity contribution in [3.8, 4) is 5.75 Å². The van der Waals surface area contributed by atoms with Crippen molar-refractivity contribution in [2.75, 3.05) is 4.90 Å². The molecule has 1 N–H and O–H groups in total. The zero-order valence-electron chi connectivity index (χ0n) is 15.9. The van der Waals surface area contributed by atoms with Gasteiger partial charge in [-0.05, 0) is 54.8 Å². The first kappa shape index (κ1) is 19.9. The molecule has 4 rings (SSSR count). The summed E-state index contributed by atoms with van der Waals surface area (Å²) in [5.74, 6) is -2.11. The fourth-order valence-corrected chi connectivity index (χ4v) is 4.23. The molecular formula is C22H16F2N2O3S. The van der Waals surface area contributed by atoms with Crippen LogP contribution in [-0.4, -0.2) is 21.8 Å². The van der Waals surface area contributed by atoms with Gasteiger partial charge in [0.15, 0.2) is 10.9 Å². The largest absolute Gasteiger partial charge is 0.508 e. The molecule has 0 fully saturated rings. The second-order valence-electron chi connectivity index (χ2n) is 6.85. The minimum atomic E-state index is -0.873. The van der Waals surface area contributed by atoms with Crippen molar-refractivity contribution in [3.05, 3.63) is 75.8 Å². The van der Waals surface area contributed by atoms with Crippen molar-refractivity contribution in [2.45, 2.75) is 19.8 Å². The lowest BCUT2D eigenvalue weighted by molar-refractivity contribution is -0.115. The Balaban J connectivity index is 1.65. The Bertz CT molecular complexity index is 1200. The van der Waals surface area contributed by atoms with E-state index < -0.39 is 17.5 Å². The summed E-state index contributed by atoms with van der Waals surface area (Å²) in [6.07, 6.45) is 2.75. The molecule has 2 aromatic carbocycles. The molecule has 0 saturated heterocycles. The van der Waals surface area contributed by atoms with Crippen molar-refractivity contribution in [2.24, 2.45) is 0 Å². The molecule has 1 amide bonds. The summed E-state index contributed by atoms with van der Waals surface area (Å²) >= 11 is 1.12. The van der Waals surface area contributed by atoms with Gasteiger partial charge in [-0.3, -0.25) is 14.5 Å². The summed E-state index contributed by atoms with van der Waals surface area (Å²) in [5, 5.41) is 11.5. The van der Waals surface area contributed by atoms with Crippen molar-refractivity contribution >= 4 is 39.9 Å². The van der Waals surface area contributed by atoms with Gasteiger partial charge in [0, 0.05) is 29.5 Å². The molecule has 1 aliphatic rings. The zero-order chi connectivity index (χ0) is 21.4. The molecule has 1 heterocycles. The molecule has 3 aromatic rings. The van der Waals surface area contributed by atoms with E-state index in [1.165, 1.54) is 19.1 Å². The highest BCUT2D eigenvalue weighted by Gasteiger charge is 2.24. The Morgan fingerprint density at radius 2 is 2.00 bits per heavy atom. The predicted molar refractivity (Wildman–Crippen MR) is 110 cm³/mol. The number of aromatic hydroxyl groups is 1. The van der Waals surface area contributed by atoms with Gasteiger partial charge in [0.05, 0.1) is 11.4 Å². The number of allylic oxidation sites excluding steroid dienone is 1. The third-order valence-electron chi connectivity index (χ3n) is 4.78. The van der Waals surface area contributed by atoms with E-state index in [1.54, 1.807) is 23.6 Å². The van der Waals surface area contributed by atoms with E-state index in [1.807, 2.05) is 0 Å². The summed E-state index contributed by atoms with van der Waals surface area (Å²) in [4.78, 5) is 30.3. The van der Waals surface area contributed by atoms with Gasteiger partial charge in [0.1, 0.15) is 17.4 Å². The molecule has 0 spiro atoms. The summed E-state index contributed by atoms with van der Waals surface area (Å²) in [6, 6.07) is 7.62. The van der Waals surface area contributed by atoms with Gasteiger partial charge in [-0.15, -0.1) is 11.3 Å². The molecule has 152 valence electrons. The number of Topliss-reactive ketones (excluding diaryl/α,β-unsaturated/α-hetero) is 1. The number of aromatic nitrogens is 1. The van der Waals surface area contributed by atoms with Crippen molar-refractivity contribution in [1.82, 2.24) is 4.98 Å². The van der Waals surface area contributed by atoms with Gasteiger partial charge < -0.3 is 5.11 Å². The molecule has 8 heteroatoms. The minimum absolute atomic E-state index is 0.0973. The fraction of sp³-hybridized carbons (Fsp3) is 0.136. The minimum Gasteiger partial charge on any atom is -0.508 e. The molecule has 0 atom stereocenters. The van der Waals surface area contributed by atoms with Crippen LogP contribution in [0, 0.1) is 11.6 Å². The van der Waals surface area contributed by atoms with E-state index in [2.05, 4.69) is 4.98 Å². The molecule has 0 unspecified atom stereocenters. The number of rotatable bonds is 3. The van der Waals surface area contributed by atoms with E-state index in [4.69, 9.17) is 0 Å². The highest BCUT2D eigenvalue weighted by molar-refractivity contribution is 7.14. The number of thiazole rings is 1. The third kappa shape index (κ3) is 3.73. The summed E-state index contributed by atoms with van der Waals surface area (Å²) in [6.45, 7) is 1.26. The first-order valence-corrected chi connectivity index (χ1v) is 10.00. The number of amides is 1. The molecular weight excluding hydrogens is 410 g/mol. The van der Waals surface area contributed by atoms with Crippen molar-refractivity contribution in [1.29, 1.82) is 0 Å². The number of fused-ring (bicyclic) bond motifs is 1. The monoisotopic (exact) mass is 426 g/mol. The summed E-state index contributed by atoms with van der Waals surface area (Å²) < 4.78 is 27.4. The number of nitrogens with zero attached hydrogens (tertiary/aromatic N) is 2. The second kappa shape index (κ2) is 7.79. The van der Waals surface area contributed by atoms with E-state index in [0.29, 0.717) is 35.7 Å². The SMILES string of the molecule is CC(=O)N(c1nc(/C=C2\CCc3cc(O)ccc3C2=O)cs1)c1ccc(F)cc1F. The lowest BCUT2D eigenvalue weighted by atomic mass is 9.86. The fourth-order valence-electron chi connectivity index (χ4n) is 3.40. The molecule has 1 aromatic heterocycles. The van der Waals surface area contributed by atoms with Crippen molar-refractivity contribution in [3.63, 3.8) is 0 Å². The van der Waals surface area contributed by atoms with Crippen LogP contribution in [0.4, 0.5) is 19.6 Å². The lowest BCUT2D eigenvalue weighted by Gasteiger charge is -2.18. The Morgan fingerprint density at radius 1 is 1.20 bits per heavy atom. The van der Waals surface area contributed by atoms with E-state index >= 15 is 0 Å². The van der Waals surface area contributed by atoms with Crippen LogP contribution in [0.15, 0.2) is 47.4 Å². The third-order valence-corrected chi connectivity index (χ3v) is 5.62. The number of halogens is 2. The number of anilines is 2. The van der Waals surface area contributed by atoms with Crippen LogP contribution in [-0.2, 0) is 11.2 Å². The highest BCUT2D eigenvalue weighted by Crippen LogP contribution is 2.33. The van der Waals surface area contributed by atoms with Crippen LogP contribution in [0.1, 0.15) is 35.0 Å². The molecule has 30 heavy (non-hydrogen) atoms. The van der Waals surface area contributed by atoms with Crippen LogP contribution in [0.2, 0.25) is 0 Å². The molecule has 1 aliphatic carbocycles. The molecule has 5 nitrogen and oxygen atoms in total. The van der Waals surface area contributed by atoms with Gasteiger partial charge in [-0.25, -0.2) is 13.8 Å². The average Bonchev–Trinajstić information content (AvgIpc) is 3.14. The smallest absolute Gasteiger partial charge is 0.230 e. The van der Waals surface area contributed by atoms with Crippen LogP contribution in [0.3, 0.4) is 0 Å². The topological polar surface area (TPSA) is 70.5 Å². The number of aryl methyl sites for hydroxylation is 1. The van der Waals surface area contributed by atoms with E-state index in [9.17, 15) is 23.5 Å². The van der Waals surface area contributed by atoms with Gasteiger partial charge in [0.2, 0.25) is 5.91 Å². The Morgan fingerprint density at radius 3 is 2.73 bits per heavy atom. The van der Waals surface area contributed by atoms with E-state index in [0.717, 1.165) is 27.9 Å². The Kier molecular flexibility index (Phi) is 5.17. The number of phenols is 1. The van der Waals surface area contributed by atoms with Crippen LogP contribution in [0.5, 0.6) is 5.75 Å². The lowest BCUT2D eigenvalue weighted by Crippen LogP contribution is -2.23. The number of hydrogen-bond donors (Lipinski definition) is 1. The number of benzene rings is 2. The predicted octanol–water partition coefficient (Wildman–Crippen LogP) is 5.02.